The van der Waals surface area contributed by atoms with Crippen LogP contribution >= 0.6 is 11.3 Å². The van der Waals surface area contributed by atoms with E-state index in [1.807, 2.05) is 18.2 Å². The zero-order chi connectivity index (χ0) is 15.4. The van der Waals surface area contributed by atoms with Gasteiger partial charge in [0.15, 0.2) is 10.8 Å². The standard InChI is InChI=1S/C15H11N3O3S/c1-20-15(19)11-8-16-9-18-12(11)5-4-10-7-17-14(22-10)13-3-2-6-21-13/h2-9H,1H3. The van der Waals surface area contributed by atoms with Crippen molar-refractivity contribution in [3.63, 3.8) is 0 Å². The molecule has 3 aromatic rings. The maximum atomic E-state index is 11.6. The van der Waals surface area contributed by atoms with Crippen molar-refractivity contribution >= 4 is 29.5 Å². The van der Waals surface area contributed by atoms with Crippen LogP contribution in [-0.2, 0) is 4.74 Å². The van der Waals surface area contributed by atoms with Crippen LogP contribution in [0, 0.1) is 0 Å². The van der Waals surface area contributed by atoms with Gasteiger partial charge in [0.1, 0.15) is 11.9 Å². The van der Waals surface area contributed by atoms with Gasteiger partial charge in [0.25, 0.3) is 0 Å². The molecule has 3 heterocycles. The normalized spacial score (nSPS) is 11.0. The molecule has 0 saturated heterocycles. The number of esters is 1. The molecule has 0 fully saturated rings. The fourth-order valence-corrected chi connectivity index (χ4v) is 2.56. The van der Waals surface area contributed by atoms with Crippen LogP contribution in [0.5, 0.6) is 0 Å². The third-order valence-corrected chi connectivity index (χ3v) is 3.79. The van der Waals surface area contributed by atoms with Gasteiger partial charge in [-0.1, -0.05) is 0 Å². The Bertz CT molecular complexity index is 809. The van der Waals surface area contributed by atoms with Gasteiger partial charge in [-0.05, 0) is 24.3 Å². The SMILES string of the molecule is COC(=O)c1cncnc1C=Cc1cnc(-c2ccco2)s1. The van der Waals surface area contributed by atoms with Crippen LogP contribution in [0.3, 0.4) is 0 Å². The molecule has 7 heteroatoms. The molecule has 0 aliphatic heterocycles. The highest BCUT2D eigenvalue weighted by Gasteiger charge is 2.11. The maximum absolute atomic E-state index is 11.6. The topological polar surface area (TPSA) is 78.1 Å². The van der Waals surface area contributed by atoms with Gasteiger partial charge in [-0.3, -0.25) is 0 Å². The van der Waals surface area contributed by atoms with Crippen molar-refractivity contribution < 1.29 is 13.9 Å². The zero-order valence-electron chi connectivity index (χ0n) is 11.6. The third kappa shape index (κ3) is 2.94. The summed E-state index contributed by atoms with van der Waals surface area (Å²) in [6.45, 7) is 0. The first kappa shape index (κ1) is 14.2. The summed E-state index contributed by atoms with van der Waals surface area (Å²) in [5.41, 5.74) is 0.812. The van der Waals surface area contributed by atoms with Crippen LogP contribution in [0.15, 0.2) is 41.5 Å². The molecule has 0 N–H and O–H groups in total. The molecule has 0 spiro atoms. The van der Waals surface area contributed by atoms with Crippen molar-refractivity contribution in [3.05, 3.63) is 53.3 Å². The molecule has 0 aliphatic carbocycles. The summed E-state index contributed by atoms with van der Waals surface area (Å²) in [5, 5.41) is 0.792. The van der Waals surface area contributed by atoms with E-state index in [-0.39, 0.29) is 0 Å². The van der Waals surface area contributed by atoms with E-state index < -0.39 is 5.97 Å². The monoisotopic (exact) mass is 313 g/mol. The Hall–Kier alpha value is -2.80. The van der Waals surface area contributed by atoms with E-state index in [2.05, 4.69) is 15.0 Å². The Labute approximate surface area is 130 Å². The highest BCUT2D eigenvalue weighted by molar-refractivity contribution is 7.15. The second-order valence-corrected chi connectivity index (χ2v) is 5.25. The van der Waals surface area contributed by atoms with Crippen LogP contribution in [0.2, 0.25) is 0 Å². The van der Waals surface area contributed by atoms with Crippen LogP contribution < -0.4 is 0 Å². The van der Waals surface area contributed by atoms with Crippen molar-refractivity contribution in [2.24, 2.45) is 0 Å². The van der Waals surface area contributed by atoms with Gasteiger partial charge < -0.3 is 9.15 Å². The summed E-state index contributed by atoms with van der Waals surface area (Å²) in [6, 6.07) is 3.67. The minimum absolute atomic E-state index is 0.317. The smallest absolute Gasteiger partial charge is 0.341 e. The predicted octanol–water partition coefficient (Wildman–Crippen LogP) is 3.15. The van der Waals surface area contributed by atoms with E-state index in [0.29, 0.717) is 11.3 Å². The molecule has 0 amide bonds. The molecule has 3 rings (SSSR count). The summed E-state index contributed by atoms with van der Waals surface area (Å²) in [7, 11) is 1.32. The molecular formula is C15H11N3O3S. The van der Waals surface area contributed by atoms with Crippen molar-refractivity contribution in [2.45, 2.75) is 0 Å². The molecule has 0 saturated carbocycles. The van der Waals surface area contributed by atoms with E-state index in [1.54, 1.807) is 18.5 Å². The lowest BCUT2D eigenvalue weighted by Gasteiger charge is -2.01. The predicted molar refractivity (Wildman–Crippen MR) is 82.1 cm³/mol. The molecule has 3 aromatic heterocycles. The number of carbonyl (C=O) groups is 1. The van der Waals surface area contributed by atoms with Crippen LogP contribution in [-0.4, -0.2) is 28.0 Å². The number of rotatable bonds is 4. The molecule has 6 nitrogen and oxygen atoms in total. The Morgan fingerprint density at radius 2 is 2.23 bits per heavy atom. The molecule has 22 heavy (non-hydrogen) atoms. The minimum atomic E-state index is -0.471. The number of methoxy groups -OCH3 is 1. The number of thiazole rings is 1. The highest BCUT2D eigenvalue weighted by atomic mass is 32.1. The lowest BCUT2D eigenvalue weighted by atomic mass is 10.2. The van der Waals surface area contributed by atoms with Crippen molar-refractivity contribution in [1.29, 1.82) is 0 Å². The van der Waals surface area contributed by atoms with Gasteiger partial charge in [0.2, 0.25) is 0 Å². The second-order valence-electron chi connectivity index (χ2n) is 4.19. The van der Waals surface area contributed by atoms with Crippen molar-refractivity contribution in [3.8, 4) is 10.8 Å². The average molecular weight is 313 g/mol. The first-order valence-corrected chi connectivity index (χ1v) is 7.15. The molecule has 0 aliphatic rings. The van der Waals surface area contributed by atoms with E-state index in [9.17, 15) is 4.79 Å². The van der Waals surface area contributed by atoms with Gasteiger partial charge in [-0.2, -0.15) is 0 Å². The van der Waals surface area contributed by atoms with Gasteiger partial charge in [0, 0.05) is 17.3 Å². The number of aromatic nitrogens is 3. The first-order valence-electron chi connectivity index (χ1n) is 6.34. The maximum Gasteiger partial charge on any atom is 0.341 e. The fraction of sp³-hybridized carbons (Fsp3) is 0.0667. The van der Waals surface area contributed by atoms with Crippen molar-refractivity contribution in [2.75, 3.05) is 7.11 Å². The Kier molecular flexibility index (Phi) is 4.06. The molecule has 0 radical (unpaired) electrons. The zero-order valence-corrected chi connectivity index (χ0v) is 12.4. The lowest BCUT2D eigenvalue weighted by molar-refractivity contribution is 0.0599. The first-order chi connectivity index (χ1) is 10.8. The summed E-state index contributed by atoms with van der Waals surface area (Å²) < 4.78 is 10.0. The number of nitrogens with zero attached hydrogens (tertiary/aromatic N) is 3. The van der Waals surface area contributed by atoms with Crippen LogP contribution in [0.4, 0.5) is 0 Å². The van der Waals surface area contributed by atoms with E-state index in [4.69, 9.17) is 9.15 Å². The second kappa shape index (κ2) is 6.31. The van der Waals surface area contributed by atoms with E-state index in [1.165, 1.54) is 31.0 Å². The highest BCUT2D eigenvalue weighted by Crippen LogP contribution is 2.26. The van der Waals surface area contributed by atoms with E-state index >= 15 is 0 Å². The Morgan fingerprint density at radius 3 is 3.00 bits per heavy atom. The molecule has 110 valence electrons. The minimum Gasteiger partial charge on any atom is -0.465 e. The van der Waals surface area contributed by atoms with Gasteiger partial charge >= 0.3 is 5.97 Å². The van der Waals surface area contributed by atoms with Gasteiger partial charge in [0.05, 0.1) is 19.1 Å². The van der Waals surface area contributed by atoms with E-state index in [0.717, 1.165) is 15.6 Å². The molecule has 0 unspecified atom stereocenters. The average Bonchev–Trinajstić information content (AvgIpc) is 3.23. The summed E-state index contributed by atoms with van der Waals surface area (Å²) in [6.07, 6.45) is 9.71. The number of furan rings is 1. The van der Waals surface area contributed by atoms with Crippen LogP contribution in [0.25, 0.3) is 22.9 Å². The molecule has 0 bridgehead atoms. The summed E-state index contributed by atoms with van der Waals surface area (Å²) in [4.78, 5) is 24.8. The number of hydrogen-bond donors (Lipinski definition) is 0. The molecular weight excluding hydrogens is 302 g/mol. The largest absolute Gasteiger partial charge is 0.465 e. The fourth-order valence-electron chi connectivity index (χ4n) is 1.78. The molecule has 0 atom stereocenters. The number of carbonyl (C=O) groups excluding carboxylic acids is 1. The molecule has 0 aromatic carbocycles. The van der Waals surface area contributed by atoms with Gasteiger partial charge in [-0.15, -0.1) is 11.3 Å². The van der Waals surface area contributed by atoms with Gasteiger partial charge in [-0.25, -0.2) is 19.7 Å². The Balaban J connectivity index is 1.85. The van der Waals surface area contributed by atoms with Crippen LogP contribution in [0.1, 0.15) is 20.9 Å². The van der Waals surface area contributed by atoms with Crippen molar-refractivity contribution in [1.82, 2.24) is 15.0 Å². The number of ether oxygens (including phenoxy) is 1. The summed E-state index contributed by atoms with van der Waals surface area (Å²) in [5.74, 6) is 0.253. The lowest BCUT2D eigenvalue weighted by Crippen LogP contribution is -2.05. The summed E-state index contributed by atoms with van der Waals surface area (Å²) >= 11 is 1.48. The number of hydrogen-bond acceptors (Lipinski definition) is 7. The third-order valence-electron chi connectivity index (χ3n) is 2.81. The Morgan fingerprint density at radius 1 is 1.32 bits per heavy atom. The quantitative estimate of drug-likeness (QED) is 0.689.